The fourth-order valence-corrected chi connectivity index (χ4v) is 5.31. The zero-order valence-corrected chi connectivity index (χ0v) is 20.2. The molecule has 1 atom stereocenters. The molecule has 0 amide bonds. The molecule has 1 fully saturated rings. The van der Waals surface area contributed by atoms with Gasteiger partial charge in [-0.05, 0) is 38.3 Å². The fourth-order valence-electron chi connectivity index (χ4n) is 5.31. The lowest BCUT2D eigenvalue weighted by Gasteiger charge is -2.41. The number of aliphatic hydroxyl groups excluding tert-OH is 1. The topological polar surface area (TPSA) is 74.5 Å². The summed E-state index contributed by atoms with van der Waals surface area (Å²) in [4.78, 5) is 27.2. The Morgan fingerprint density at radius 2 is 2.03 bits per heavy atom. The van der Waals surface area contributed by atoms with E-state index in [1.54, 1.807) is 4.57 Å². The third-order valence-corrected chi connectivity index (χ3v) is 7.06. The number of aryl methyl sites for hydroxylation is 1. The van der Waals surface area contributed by atoms with Crippen LogP contribution in [0, 0.1) is 0 Å². The van der Waals surface area contributed by atoms with E-state index in [-0.39, 0.29) is 23.0 Å². The molecule has 0 bridgehead atoms. The van der Waals surface area contributed by atoms with Crippen LogP contribution in [0.2, 0.25) is 0 Å². The van der Waals surface area contributed by atoms with E-state index in [4.69, 9.17) is 9.97 Å². The Kier molecular flexibility index (Phi) is 6.16. The van der Waals surface area contributed by atoms with Crippen molar-refractivity contribution in [2.75, 3.05) is 38.2 Å². The minimum atomic E-state index is -0.155. The molecule has 7 heteroatoms. The third kappa shape index (κ3) is 4.20. The third-order valence-electron chi connectivity index (χ3n) is 7.06. The number of hydrogen-bond acceptors (Lipinski definition) is 6. The van der Waals surface area contributed by atoms with Gasteiger partial charge in [-0.15, -0.1) is 0 Å². The molecule has 32 heavy (non-hydrogen) atoms. The van der Waals surface area contributed by atoms with Gasteiger partial charge in [0.2, 0.25) is 0 Å². The van der Waals surface area contributed by atoms with Gasteiger partial charge in [0.05, 0.1) is 12.3 Å². The van der Waals surface area contributed by atoms with Crippen molar-refractivity contribution >= 4 is 5.82 Å². The van der Waals surface area contributed by atoms with E-state index in [9.17, 15) is 9.90 Å². The largest absolute Gasteiger partial charge is 0.395 e. The Morgan fingerprint density at radius 3 is 2.75 bits per heavy atom. The number of fused-ring (bicyclic) bond motifs is 2. The van der Waals surface area contributed by atoms with Crippen LogP contribution in [0.4, 0.5) is 5.82 Å². The first-order valence-corrected chi connectivity index (χ1v) is 11.8. The average Bonchev–Trinajstić information content (AvgIpc) is 3.08. The van der Waals surface area contributed by atoms with Gasteiger partial charge in [0.1, 0.15) is 11.6 Å². The first-order chi connectivity index (χ1) is 15.1. The van der Waals surface area contributed by atoms with Crippen molar-refractivity contribution in [1.82, 2.24) is 19.4 Å². The van der Waals surface area contributed by atoms with E-state index < -0.39 is 0 Å². The predicted molar refractivity (Wildman–Crippen MR) is 127 cm³/mol. The molecule has 0 saturated carbocycles. The van der Waals surface area contributed by atoms with Crippen molar-refractivity contribution in [1.29, 1.82) is 0 Å². The van der Waals surface area contributed by atoms with Gasteiger partial charge < -0.3 is 14.6 Å². The molecule has 2 aromatic rings. The number of nitrogens with zero attached hydrogens (tertiary/aromatic N) is 5. The Hall–Kier alpha value is -2.25. The number of likely N-dealkylation sites (tertiary alicyclic amines) is 1. The van der Waals surface area contributed by atoms with Crippen molar-refractivity contribution in [2.24, 2.45) is 7.05 Å². The summed E-state index contributed by atoms with van der Waals surface area (Å²) in [6.45, 7) is 9.73. The first-order valence-electron chi connectivity index (χ1n) is 11.8. The van der Waals surface area contributed by atoms with E-state index in [0.717, 1.165) is 56.0 Å². The zero-order chi connectivity index (χ0) is 23.1. The van der Waals surface area contributed by atoms with Crippen molar-refractivity contribution < 1.29 is 5.11 Å². The maximum absolute atomic E-state index is 12.6. The van der Waals surface area contributed by atoms with Crippen molar-refractivity contribution in [2.45, 2.75) is 63.8 Å². The normalized spacial score (nSPS) is 21.2. The molecule has 1 aliphatic heterocycles. The van der Waals surface area contributed by atoms with Crippen LogP contribution in [-0.2, 0) is 30.8 Å². The summed E-state index contributed by atoms with van der Waals surface area (Å²) >= 11 is 0. The maximum Gasteiger partial charge on any atom is 0.254 e. The molecule has 174 valence electrons. The zero-order valence-electron chi connectivity index (χ0n) is 20.2. The number of aliphatic hydroxyl groups is 1. The Balaban J connectivity index is 1.71. The van der Waals surface area contributed by atoms with Crippen molar-refractivity contribution in [3.63, 3.8) is 0 Å². The van der Waals surface area contributed by atoms with Crippen LogP contribution in [0.15, 0.2) is 23.1 Å². The Morgan fingerprint density at radius 1 is 1.25 bits per heavy atom. The maximum atomic E-state index is 12.6. The highest BCUT2D eigenvalue weighted by atomic mass is 16.3. The van der Waals surface area contributed by atoms with Crippen LogP contribution in [0.25, 0.3) is 0 Å². The average molecular weight is 440 g/mol. The molecule has 3 heterocycles. The number of rotatable bonds is 5. The molecule has 0 radical (unpaired) electrons. The SMILES string of the molecule is CN(CCO)c1nc(C(C)(C)C)nc2c1CCC21CCCN(Cc2cccn(C)c2=O)C1. The smallest absolute Gasteiger partial charge is 0.254 e. The number of hydrogen-bond donors (Lipinski definition) is 1. The van der Waals surface area contributed by atoms with Gasteiger partial charge >= 0.3 is 0 Å². The molecule has 1 saturated heterocycles. The number of anilines is 1. The quantitative estimate of drug-likeness (QED) is 0.771. The predicted octanol–water partition coefficient (Wildman–Crippen LogP) is 2.38. The second-order valence-corrected chi connectivity index (χ2v) is 10.6. The summed E-state index contributed by atoms with van der Waals surface area (Å²) in [5.41, 5.74) is 3.23. The van der Waals surface area contributed by atoms with E-state index >= 15 is 0 Å². The summed E-state index contributed by atoms with van der Waals surface area (Å²) < 4.78 is 1.66. The molecule has 4 rings (SSSR count). The van der Waals surface area contributed by atoms with Crippen LogP contribution in [0.5, 0.6) is 0 Å². The van der Waals surface area contributed by atoms with Gasteiger partial charge in [0.25, 0.3) is 5.56 Å². The molecule has 7 nitrogen and oxygen atoms in total. The highest BCUT2D eigenvalue weighted by molar-refractivity contribution is 5.54. The summed E-state index contributed by atoms with van der Waals surface area (Å²) in [7, 11) is 3.82. The van der Waals surface area contributed by atoms with Gasteiger partial charge in [0.15, 0.2) is 0 Å². The molecule has 1 aliphatic carbocycles. The lowest BCUT2D eigenvalue weighted by atomic mass is 9.77. The second kappa shape index (κ2) is 8.60. The molecule has 2 aliphatic rings. The van der Waals surface area contributed by atoms with Gasteiger partial charge in [-0.25, -0.2) is 9.97 Å². The highest BCUT2D eigenvalue weighted by Gasteiger charge is 2.45. The number of likely N-dealkylation sites (N-methyl/N-ethyl adjacent to an activating group) is 1. The van der Waals surface area contributed by atoms with Gasteiger partial charge in [-0.2, -0.15) is 0 Å². The van der Waals surface area contributed by atoms with Crippen LogP contribution in [0.1, 0.15) is 62.7 Å². The lowest BCUT2D eigenvalue weighted by molar-refractivity contribution is 0.136. The van der Waals surface area contributed by atoms with Crippen molar-refractivity contribution in [3.8, 4) is 0 Å². The fraction of sp³-hybridized carbons (Fsp3) is 0.640. The number of pyridine rings is 1. The minimum Gasteiger partial charge on any atom is -0.395 e. The van der Waals surface area contributed by atoms with E-state index in [2.05, 4.69) is 30.6 Å². The van der Waals surface area contributed by atoms with Gasteiger partial charge in [0, 0.05) is 61.9 Å². The molecule has 0 aromatic carbocycles. The molecular weight excluding hydrogens is 402 g/mol. The number of aromatic nitrogens is 3. The number of piperidine rings is 1. The molecule has 1 spiro atoms. The van der Waals surface area contributed by atoms with Crippen LogP contribution in [0.3, 0.4) is 0 Å². The summed E-state index contributed by atoms with van der Waals surface area (Å²) in [6, 6.07) is 3.90. The van der Waals surface area contributed by atoms with E-state index in [0.29, 0.717) is 13.1 Å². The van der Waals surface area contributed by atoms with E-state index in [1.807, 2.05) is 32.4 Å². The van der Waals surface area contributed by atoms with Crippen LogP contribution in [-0.4, -0.2) is 57.8 Å². The molecular formula is C25H37N5O2. The Bertz CT molecular complexity index is 1040. The lowest BCUT2D eigenvalue weighted by Crippen LogP contribution is -2.46. The van der Waals surface area contributed by atoms with Crippen molar-refractivity contribution in [3.05, 3.63) is 51.3 Å². The minimum absolute atomic E-state index is 0.00530. The van der Waals surface area contributed by atoms with E-state index in [1.165, 1.54) is 11.3 Å². The highest BCUT2D eigenvalue weighted by Crippen LogP contribution is 2.47. The first kappa shape index (κ1) is 22.9. The second-order valence-electron chi connectivity index (χ2n) is 10.6. The monoisotopic (exact) mass is 439 g/mol. The molecule has 2 aromatic heterocycles. The van der Waals surface area contributed by atoms with Gasteiger partial charge in [-0.3, -0.25) is 9.69 Å². The summed E-state index contributed by atoms with van der Waals surface area (Å²) in [6.07, 6.45) is 6.06. The van der Waals surface area contributed by atoms with Crippen LogP contribution >= 0.6 is 0 Å². The standard InChI is InChI=1S/C25H37N5O2/c1-24(2,3)23-26-20-19(21(27-23)28(4)14-15-31)9-11-25(20)10-7-13-30(17-25)16-18-8-6-12-29(5)22(18)32/h6,8,12,31H,7,9-11,13-17H2,1-5H3. The Labute approximate surface area is 191 Å². The molecule has 1 N–H and O–H groups in total. The molecule has 1 unspecified atom stereocenters. The summed E-state index contributed by atoms with van der Waals surface area (Å²) in [5, 5.41) is 9.52. The summed E-state index contributed by atoms with van der Waals surface area (Å²) in [5.74, 6) is 1.84. The van der Waals surface area contributed by atoms with Gasteiger partial charge in [-0.1, -0.05) is 26.8 Å². The van der Waals surface area contributed by atoms with Crippen LogP contribution < -0.4 is 10.5 Å².